The summed E-state index contributed by atoms with van der Waals surface area (Å²) in [5.41, 5.74) is 1.67. The van der Waals surface area contributed by atoms with E-state index in [1.165, 1.54) is 20.3 Å². The minimum Gasteiger partial charge on any atom is -0.496 e. The molecule has 0 aliphatic carbocycles. The van der Waals surface area contributed by atoms with E-state index in [0.717, 1.165) is 0 Å². The Bertz CT molecular complexity index is 927. The molecule has 1 fully saturated rings. The molecule has 31 heavy (non-hydrogen) atoms. The second kappa shape index (κ2) is 9.63. The predicted octanol–water partition coefficient (Wildman–Crippen LogP) is 0.508. The molecule has 5 N–H and O–H groups in total. The van der Waals surface area contributed by atoms with Crippen LogP contribution in [0, 0.1) is 0 Å². The molecular weight excluding hydrogens is 408 g/mol. The maximum Gasteiger partial charge on any atom is 0.335 e. The molecule has 1 aliphatic heterocycles. The molecule has 1 saturated heterocycles. The van der Waals surface area contributed by atoms with Crippen molar-refractivity contribution >= 4 is 5.97 Å². The summed E-state index contributed by atoms with van der Waals surface area (Å²) < 4.78 is 16.5. The van der Waals surface area contributed by atoms with Crippen LogP contribution in [-0.2, 0) is 11.2 Å². The number of hydrogen-bond donors (Lipinski definition) is 5. The van der Waals surface area contributed by atoms with Crippen LogP contribution in [0.15, 0.2) is 36.4 Å². The van der Waals surface area contributed by atoms with E-state index in [9.17, 15) is 30.3 Å². The molecule has 0 aromatic heterocycles. The SMILES string of the molecule is COc1cc(OC)c([C@@H]2O[C@H](CO)[C@H](O)[C@H](O)[C@H]2O)cc1Cc1ccccc1C(=O)O. The van der Waals surface area contributed by atoms with E-state index < -0.39 is 43.1 Å². The number of aliphatic hydroxyl groups is 4. The highest BCUT2D eigenvalue weighted by Crippen LogP contribution is 2.40. The van der Waals surface area contributed by atoms with Gasteiger partial charge >= 0.3 is 5.97 Å². The van der Waals surface area contributed by atoms with E-state index in [-0.39, 0.29) is 12.0 Å². The lowest BCUT2D eigenvalue weighted by atomic mass is 9.89. The molecule has 0 amide bonds. The van der Waals surface area contributed by atoms with Gasteiger partial charge in [0.15, 0.2) is 0 Å². The lowest BCUT2D eigenvalue weighted by molar-refractivity contribution is -0.232. The Morgan fingerprint density at radius 2 is 1.65 bits per heavy atom. The molecule has 168 valence electrons. The molecule has 0 spiro atoms. The van der Waals surface area contributed by atoms with Crippen molar-refractivity contribution in [1.82, 2.24) is 0 Å². The smallest absolute Gasteiger partial charge is 0.335 e. The highest BCUT2D eigenvalue weighted by atomic mass is 16.5. The van der Waals surface area contributed by atoms with Gasteiger partial charge in [-0.3, -0.25) is 0 Å². The normalized spacial score (nSPS) is 25.8. The fourth-order valence-electron chi connectivity index (χ4n) is 3.80. The Labute approximate surface area is 179 Å². The molecule has 2 aromatic rings. The van der Waals surface area contributed by atoms with Crippen LogP contribution in [0.25, 0.3) is 0 Å². The van der Waals surface area contributed by atoms with Gasteiger partial charge in [-0.1, -0.05) is 18.2 Å². The second-order valence-corrected chi connectivity index (χ2v) is 7.29. The van der Waals surface area contributed by atoms with Crippen molar-refractivity contribution in [1.29, 1.82) is 0 Å². The maximum atomic E-state index is 11.6. The van der Waals surface area contributed by atoms with E-state index in [1.807, 2.05) is 0 Å². The third kappa shape index (κ3) is 4.51. The number of benzene rings is 2. The summed E-state index contributed by atoms with van der Waals surface area (Å²) >= 11 is 0. The van der Waals surface area contributed by atoms with Gasteiger partial charge in [-0.2, -0.15) is 0 Å². The van der Waals surface area contributed by atoms with Crippen molar-refractivity contribution in [3.8, 4) is 11.5 Å². The highest BCUT2D eigenvalue weighted by Gasteiger charge is 2.45. The van der Waals surface area contributed by atoms with Crippen molar-refractivity contribution in [3.05, 3.63) is 58.7 Å². The molecule has 1 heterocycles. The molecule has 9 nitrogen and oxygen atoms in total. The van der Waals surface area contributed by atoms with Crippen LogP contribution in [0.2, 0.25) is 0 Å². The van der Waals surface area contributed by atoms with E-state index in [0.29, 0.717) is 28.2 Å². The number of methoxy groups -OCH3 is 2. The van der Waals surface area contributed by atoms with Crippen molar-refractivity contribution in [2.24, 2.45) is 0 Å². The first-order valence-electron chi connectivity index (χ1n) is 9.68. The summed E-state index contributed by atoms with van der Waals surface area (Å²) in [6, 6.07) is 9.79. The van der Waals surface area contributed by atoms with Crippen molar-refractivity contribution in [3.63, 3.8) is 0 Å². The summed E-state index contributed by atoms with van der Waals surface area (Å²) in [6.45, 7) is -0.557. The van der Waals surface area contributed by atoms with Crippen LogP contribution in [0.1, 0.15) is 33.2 Å². The molecule has 9 heteroatoms. The van der Waals surface area contributed by atoms with Gasteiger partial charge in [0.2, 0.25) is 0 Å². The first-order valence-corrected chi connectivity index (χ1v) is 9.68. The molecule has 0 saturated carbocycles. The zero-order chi connectivity index (χ0) is 22.7. The Hall–Kier alpha value is -2.69. The molecule has 0 unspecified atom stereocenters. The molecule has 3 rings (SSSR count). The minimum atomic E-state index is -1.54. The number of aromatic carboxylic acids is 1. The quantitative estimate of drug-likeness (QED) is 0.421. The number of carboxylic acids is 1. The van der Waals surface area contributed by atoms with Crippen LogP contribution < -0.4 is 9.47 Å². The molecular formula is C22H26O9. The number of carbonyl (C=O) groups is 1. The van der Waals surface area contributed by atoms with Crippen LogP contribution in [0.4, 0.5) is 0 Å². The van der Waals surface area contributed by atoms with Gasteiger partial charge in [-0.05, 0) is 23.3 Å². The van der Waals surface area contributed by atoms with E-state index in [4.69, 9.17) is 14.2 Å². The summed E-state index contributed by atoms with van der Waals surface area (Å²) in [7, 11) is 2.89. The highest BCUT2D eigenvalue weighted by molar-refractivity contribution is 5.89. The topological polar surface area (TPSA) is 146 Å². The molecule has 0 radical (unpaired) electrons. The Morgan fingerprint density at radius 1 is 0.968 bits per heavy atom. The van der Waals surface area contributed by atoms with Crippen LogP contribution in [-0.4, -0.2) is 76.7 Å². The molecule has 5 atom stereocenters. The first-order chi connectivity index (χ1) is 14.8. The van der Waals surface area contributed by atoms with Crippen LogP contribution in [0.5, 0.6) is 11.5 Å². The third-order valence-electron chi connectivity index (χ3n) is 5.46. The largest absolute Gasteiger partial charge is 0.496 e. The van der Waals surface area contributed by atoms with Gasteiger partial charge < -0.3 is 39.7 Å². The monoisotopic (exact) mass is 434 g/mol. The van der Waals surface area contributed by atoms with E-state index in [1.54, 1.807) is 30.3 Å². The second-order valence-electron chi connectivity index (χ2n) is 7.29. The van der Waals surface area contributed by atoms with Crippen molar-refractivity contribution < 1.29 is 44.5 Å². The standard InChI is InChI=1S/C22H26O9/c1-29-15-9-16(30-2)14(21-20(26)19(25)18(24)17(10-23)31-21)8-12(15)7-11-5-3-4-6-13(11)22(27)28/h3-6,8-9,17-21,23-26H,7,10H2,1-2H3,(H,27,28)/t17-,18+,19+,20-,21+/m1/s1. The number of aliphatic hydroxyl groups excluding tert-OH is 4. The predicted molar refractivity (Wildman–Crippen MR) is 108 cm³/mol. The Morgan fingerprint density at radius 3 is 2.26 bits per heavy atom. The Balaban J connectivity index is 2.07. The van der Waals surface area contributed by atoms with Gasteiger partial charge in [0, 0.05) is 18.1 Å². The van der Waals surface area contributed by atoms with Crippen LogP contribution >= 0.6 is 0 Å². The Kier molecular flexibility index (Phi) is 7.14. The zero-order valence-corrected chi connectivity index (χ0v) is 17.1. The van der Waals surface area contributed by atoms with E-state index >= 15 is 0 Å². The molecule has 0 bridgehead atoms. The number of carboxylic acid groups (broad SMARTS) is 1. The van der Waals surface area contributed by atoms with Crippen molar-refractivity contribution in [2.45, 2.75) is 36.9 Å². The van der Waals surface area contributed by atoms with Gasteiger partial charge in [0.1, 0.15) is 42.0 Å². The fourth-order valence-corrected chi connectivity index (χ4v) is 3.80. The lowest BCUT2D eigenvalue weighted by Gasteiger charge is -2.40. The summed E-state index contributed by atoms with van der Waals surface area (Å²) in [5.74, 6) is -0.320. The van der Waals surface area contributed by atoms with Gasteiger partial charge in [-0.15, -0.1) is 0 Å². The molecule has 2 aromatic carbocycles. The van der Waals surface area contributed by atoms with Gasteiger partial charge in [-0.25, -0.2) is 4.79 Å². The fraction of sp³-hybridized carbons (Fsp3) is 0.409. The number of ether oxygens (including phenoxy) is 3. The van der Waals surface area contributed by atoms with Gasteiger partial charge in [0.05, 0.1) is 26.4 Å². The lowest BCUT2D eigenvalue weighted by Crippen LogP contribution is -2.55. The average molecular weight is 434 g/mol. The molecule has 1 aliphatic rings. The first kappa shape index (κ1) is 23.0. The van der Waals surface area contributed by atoms with E-state index in [2.05, 4.69) is 0 Å². The average Bonchev–Trinajstić information content (AvgIpc) is 2.77. The zero-order valence-electron chi connectivity index (χ0n) is 17.1. The third-order valence-corrected chi connectivity index (χ3v) is 5.46. The summed E-state index contributed by atoms with van der Waals surface area (Å²) in [5, 5.41) is 49.7. The van der Waals surface area contributed by atoms with Gasteiger partial charge in [0.25, 0.3) is 0 Å². The number of rotatable bonds is 7. The minimum absolute atomic E-state index is 0.148. The van der Waals surface area contributed by atoms with Crippen LogP contribution in [0.3, 0.4) is 0 Å². The maximum absolute atomic E-state index is 11.6. The summed E-state index contributed by atoms with van der Waals surface area (Å²) in [6.07, 6.45) is -6.49. The number of hydrogen-bond acceptors (Lipinski definition) is 8. The summed E-state index contributed by atoms with van der Waals surface area (Å²) in [4.78, 5) is 11.6. The van der Waals surface area contributed by atoms with Crippen molar-refractivity contribution in [2.75, 3.05) is 20.8 Å².